The van der Waals surface area contributed by atoms with Crippen molar-refractivity contribution in [3.63, 3.8) is 0 Å². The summed E-state index contributed by atoms with van der Waals surface area (Å²) in [6.45, 7) is 2.91. The second-order valence-corrected chi connectivity index (χ2v) is 4.85. The van der Waals surface area contributed by atoms with Crippen LogP contribution in [-0.4, -0.2) is 63.9 Å². The molecule has 0 radical (unpaired) electrons. The van der Waals surface area contributed by atoms with E-state index in [1.54, 1.807) is 19.1 Å². The van der Waals surface area contributed by atoms with E-state index in [0.717, 1.165) is 18.0 Å². The normalized spacial score (nSPS) is 17.3. The molecule has 1 aliphatic heterocycles. The van der Waals surface area contributed by atoms with E-state index < -0.39 is 0 Å². The Hall–Kier alpha value is -1.50. The number of nitrogens with zero attached hydrogens (tertiary/aromatic N) is 1. The van der Waals surface area contributed by atoms with Crippen molar-refractivity contribution in [2.75, 3.05) is 47.0 Å². The van der Waals surface area contributed by atoms with E-state index >= 15 is 0 Å². The highest BCUT2D eigenvalue weighted by molar-refractivity contribution is 5.85. The third kappa shape index (κ3) is 5.36. The summed E-state index contributed by atoms with van der Waals surface area (Å²) in [6.07, 6.45) is -0.385. The molecule has 6 nitrogen and oxygen atoms in total. The Kier molecular flexibility index (Phi) is 8.01. The smallest absolute Gasteiger partial charge is 0.252 e. The van der Waals surface area contributed by atoms with E-state index in [9.17, 15) is 4.79 Å². The van der Waals surface area contributed by atoms with Gasteiger partial charge in [0.15, 0.2) is 0 Å². The maximum absolute atomic E-state index is 12.1. The molecule has 1 heterocycles. The zero-order valence-electron chi connectivity index (χ0n) is 12.9. The monoisotopic (exact) mass is 330 g/mol. The lowest BCUT2D eigenvalue weighted by Crippen LogP contribution is -2.49. The molecule has 1 saturated heterocycles. The Labute approximate surface area is 137 Å². The van der Waals surface area contributed by atoms with Gasteiger partial charge < -0.3 is 24.4 Å². The number of carbonyl (C=O) groups is 1. The average Bonchev–Trinajstić information content (AvgIpc) is 2.55. The number of rotatable bonds is 6. The number of methoxy groups -OCH3 is 1. The van der Waals surface area contributed by atoms with Gasteiger partial charge in [-0.1, -0.05) is 0 Å². The number of carbonyl (C=O) groups excluding carboxylic acids is 1. The van der Waals surface area contributed by atoms with Gasteiger partial charge in [0.1, 0.15) is 24.2 Å². The molecule has 124 valence electrons. The Morgan fingerprint density at radius 3 is 2.64 bits per heavy atom. The molecule has 7 heteroatoms. The molecular weight excluding hydrogens is 308 g/mol. The maximum Gasteiger partial charge on any atom is 0.252 e. The van der Waals surface area contributed by atoms with Gasteiger partial charge in [-0.2, -0.15) is 0 Å². The molecule has 0 aromatic heterocycles. The first-order chi connectivity index (χ1) is 10.2. The average molecular weight is 331 g/mol. The standard InChI is InChI=1S/C15H22N2O4.ClH/c1-17(15(18)14-11-16-7-9-21-14)8-10-20-13-5-3-12(19-2)4-6-13;/h3-6,14,16H,7-11H2,1-2H3;1H. The number of likely N-dealkylation sites (N-methyl/N-ethyl adjacent to an activating group) is 1. The lowest BCUT2D eigenvalue weighted by molar-refractivity contribution is -0.144. The number of hydrogen-bond acceptors (Lipinski definition) is 5. The fourth-order valence-corrected chi connectivity index (χ4v) is 2.05. The molecule has 22 heavy (non-hydrogen) atoms. The van der Waals surface area contributed by atoms with Crippen LogP contribution in [0.2, 0.25) is 0 Å². The first-order valence-electron chi connectivity index (χ1n) is 7.05. The number of ether oxygens (including phenoxy) is 3. The largest absolute Gasteiger partial charge is 0.497 e. The van der Waals surface area contributed by atoms with Crippen LogP contribution >= 0.6 is 12.4 Å². The van der Waals surface area contributed by atoms with E-state index in [1.807, 2.05) is 24.3 Å². The molecule has 0 aliphatic carbocycles. The van der Waals surface area contributed by atoms with E-state index in [2.05, 4.69) is 5.32 Å². The van der Waals surface area contributed by atoms with E-state index in [1.165, 1.54) is 0 Å². The second kappa shape index (κ2) is 9.50. The van der Waals surface area contributed by atoms with Gasteiger partial charge in [0, 0.05) is 20.1 Å². The van der Waals surface area contributed by atoms with E-state index in [4.69, 9.17) is 14.2 Å². The van der Waals surface area contributed by atoms with Crippen molar-refractivity contribution in [1.82, 2.24) is 10.2 Å². The highest BCUT2D eigenvalue weighted by atomic mass is 35.5. The van der Waals surface area contributed by atoms with Crippen molar-refractivity contribution in [2.45, 2.75) is 6.10 Å². The van der Waals surface area contributed by atoms with Crippen molar-refractivity contribution in [1.29, 1.82) is 0 Å². The van der Waals surface area contributed by atoms with Crippen LogP contribution in [0.25, 0.3) is 0 Å². The lowest BCUT2D eigenvalue weighted by atomic mass is 10.2. The third-order valence-electron chi connectivity index (χ3n) is 3.33. The summed E-state index contributed by atoms with van der Waals surface area (Å²) in [5.74, 6) is 1.53. The first-order valence-corrected chi connectivity index (χ1v) is 7.05. The summed E-state index contributed by atoms with van der Waals surface area (Å²) in [5.41, 5.74) is 0. The minimum absolute atomic E-state index is 0. The fraction of sp³-hybridized carbons (Fsp3) is 0.533. The Morgan fingerprint density at radius 2 is 2.05 bits per heavy atom. The molecule has 1 amide bonds. The number of nitrogens with one attached hydrogen (secondary N) is 1. The van der Waals surface area contributed by atoms with E-state index in [0.29, 0.717) is 26.3 Å². The van der Waals surface area contributed by atoms with Crippen LogP contribution in [0, 0.1) is 0 Å². The van der Waals surface area contributed by atoms with Crippen molar-refractivity contribution >= 4 is 18.3 Å². The summed E-state index contributed by atoms with van der Waals surface area (Å²) >= 11 is 0. The fourth-order valence-electron chi connectivity index (χ4n) is 2.05. The molecule has 0 spiro atoms. The maximum atomic E-state index is 12.1. The highest BCUT2D eigenvalue weighted by Gasteiger charge is 2.24. The Bertz CT molecular complexity index is 449. The topological polar surface area (TPSA) is 60.0 Å². The zero-order chi connectivity index (χ0) is 15.1. The minimum Gasteiger partial charge on any atom is -0.497 e. The molecule has 1 aromatic rings. The van der Waals surface area contributed by atoms with E-state index in [-0.39, 0.29) is 24.4 Å². The molecular formula is C15H23ClN2O4. The molecule has 1 fully saturated rings. The van der Waals surface area contributed by atoms with Crippen molar-refractivity contribution in [3.8, 4) is 11.5 Å². The lowest BCUT2D eigenvalue weighted by Gasteiger charge is -2.27. The highest BCUT2D eigenvalue weighted by Crippen LogP contribution is 2.16. The number of morpholine rings is 1. The molecule has 1 atom stereocenters. The van der Waals surface area contributed by atoms with Gasteiger partial charge in [-0.3, -0.25) is 4.79 Å². The van der Waals surface area contributed by atoms with Crippen LogP contribution in [0.3, 0.4) is 0 Å². The minimum atomic E-state index is -0.385. The Morgan fingerprint density at radius 1 is 1.36 bits per heavy atom. The van der Waals surface area contributed by atoms with Gasteiger partial charge in [0.05, 0.1) is 20.3 Å². The van der Waals surface area contributed by atoms with Gasteiger partial charge >= 0.3 is 0 Å². The molecule has 1 aromatic carbocycles. The van der Waals surface area contributed by atoms with Crippen LogP contribution in [-0.2, 0) is 9.53 Å². The number of hydrogen-bond donors (Lipinski definition) is 1. The van der Waals surface area contributed by atoms with Crippen LogP contribution in [0.15, 0.2) is 24.3 Å². The molecule has 1 aliphatic rings. The van der Waals surface area contributed by atoms with Gasteiger partial charge in [-0.15, -0.1) is 12.4 Å². The van der Waals surface area contributed by atoms with Gasteiger partial charge in [0.2, 0.25) is 0 Å². The molecule has 0 saturated carbocycles. The zero-order valence-corrected chi connectivity index (χ0v) is 13.7. The SMILES string of the molecule is COc1ccc(OCCN(C)C(=O)C2CNCCO2)cc1.Cl. The number of benzene rings is 1. The molecule has 0 bridgehead atoms. The number of amides is 1. The summed E-state index contributed by atoms with van der Waals surface area (Å²) in [6, 6.07) is 7.36. The third-order valence-corrected chi connectivity index (χ3v) is 3.33. The molecule has 2 rings (SSSR count). The van der Waals surface area contributed by atoms with Crippen molar-refractivity contribution in [2.24, 2.45) is 0 Å². The Balaban J connectivity index is 0.00000242. The molecule has 1 N–H and O–H groups in total. The quantitative estimate of drug-likeness (QED) is 0.841. The van der Waals surface area contributed by atoms with Gasteiger partial charge in [-0.05, 0) is 24.3 Å². The summed E-state index contributed by atoms with van der Waals surface area (Å²) < 4.78 is 16.1. The predicted octanol–water partition coefficient (Wildman–Crippen LogP) is 0.943. The second-order valence-electron chi connectivity index (χ2n) is 4.85. The summed E-state index contributed by atoms with van der Waals surface area (Å²) in [4.78, 5) is 13.8. The predicted molar refractivity (Wildman–Crippen MR) is 86.0 cm³/mol. The van der Waals surface area contributed by atoms with Gasteiger partial charge in [0.25, 0.3) is 5.91 Å². The van der Waals surface area contributed by atoms with Crippen LogP contribution in [0.5, 0.6) is 11.5 Å². The van der Waals surface area contributed by atoms with Crippen molar-refractivity contribution in [3.05, 3.63) is 24.3 Å². The van der Waals surface area contributed by atoms with Crippen LogP contribution in [0.1, 0.15) is 0 Å². The van der Waals surface area contributed by atoms with Crippen LogP contribution < -0.4 is 14.8 Å². The molecule has 1 unspecified atom stereocenters. The summed E-state index contributed by atoms with van der Waals surface area (Å²) in [5, 5.41) is 3.15. The number of halogens is 1. The van der Waals surface area contributed by atoms with Crippen molar-refractivity contribution < 1.29 is 19.0 Å². The summed E-state index contributed by atoms with van der Waals surface area (Å²) in [7, 11) is 3.39. The van der Waals surface area contributed by atoms with Gasteiger partial charge in [-0.25, -0.2) is 0 Å². The van der Waals surface area contributed by atoms with Crippen LogP contribution in [0.4, 0.5) is 0 Å². The first kappa shape index (κ1) is 18.5.